The van der Waals surface area contributed by atoms with Crippen molar-refractivity contribution in [2.45, 2.75) is 50.7 Å². The molecule has 0 bridgehead atoms. The van der Waals surface area contributed by atoms with Gasteiger partial charge in [0.1, 0.15) is 5.76 Å². The second kappa shape index (κ2) is 11.2. The molecule has 4 heterocycles. The molecule has 9 heteroatoms. The van der Waals surface area contributed by atoms with Gasteiger partial charge in [0, 0.05) is 39.3 Å². The molecule has 1 amide bonds. The Bertz CT molecular complexity index is 838. The number of ether oxygens (including phenoxy) is 1. The predicted molar refractivity (Wildman–Crippen MR) is 120 cm³/mol. The Balaban J connectivity index is 1.42. The standard InChI is InChI=1S/C22H33N5O3S/c1-18-19(7-14-30-18)21-23-24-22(27(21)11-6-8-25-12-15-29-16-13-25)31-17-20(28)26-9-4-2-3-5-10-26/h7,14H,2-6,8-13,15-17H2,1H3. The average Bonchev–Trinajstić information content (AvgIpc) is 3.27. The number of carbonyl (C=O) groups excluding carboxylic acids is 1. The van der Waals surface area contributed by atoms with Crippen LogP contribution in [0.25, 0.3) is 11.4 Å². The maximum atomic E-state index is 12.8. The molecule has 2 aromatic heterocycles. The zero-order chi connectivity index (χ0) is 21.5. The molecule has 170 valence electrons. The number of amides is 1. The number of rotatable bonds is 8. The summed E-state index contributed by atoms with van der Waals surface area (Å²) >= 11 is 1.50. The summed E-state index contributed by atoms with van der Waals surface area (Å²) in [6.07, 6.45) is 7.35. The molecule has 4 rings (SSSR count). The van der Waals surface area contributed by atoms with Gasteiger partial charge in [0.25, 0.3) is 0 Å². The van der Waals surface area contributed by atoms with Crippen LogP contribution in [-0.2, 0) is 16.1 Å². The van der Waals surface area contributed by atoms with Crippen LogP contribution in [0.1, 0.15) is 37.9 Å². The quantitative estimate of drug-likeness (QED) is 0.576. The van der Waals surface area contributed by atoms with E-state index >= 15 is 0 Å². The van der Waals surface area contributed by atoms with Gasteiger partial charge in [0.2, 0.25) is 5.91 Å². The molecule has 2 aliphatic heterocycles. The fourth-order valence-corrected chi connectivity index (χ4v) is 5.10. The van der Waals surface area contributed by atoms with Gasteiger partial charge in [0.05, 0.1) is 30.8 Å². The van der Waals surface area contributed by atoms with Gasteiger partial charge in [-0.15, -0.1) is 10.2 Å². The van der Waals surface area contributed by atoms with Crippen LogP contribution in [0.3, 0.4) is 0 Å². The summed E-state index contributed by atoms with van der Waals surface area (Å²) in [7, 11) is 0. The lowest BCUT2D eigenvalue weighted by Gasteiger charge is -2.26. The lowest BCUT2D eigenvalue weighted by Crippen LogP contribution is -2.37. The zero-order valence-electron chi connectivity index (χ0n) is 18.4. The molecular weight excluding hydrogens is 414 g/mol. The number of morpholine rings is 1. The van der Waals surface area contributed by atoms with Gasteiger partial charge in [-0.05, 0) is 32.3 Å². The number of furan rings is 1. The van der Waals surface area contributed by atoms with Gasteiger partial charge in [-0.25, -0.2) is 0 Å². The number of thioether (sulfide) groups is 1. The molecule has 2 saturated heterocycles. The minimum absolute atomic E-state index is 0.204. The molecule has 0 aliphatic carbocycles. The minimum atomic E-state index is 0.204. The molecule has 0 unspecified atom stereocenters. The lowest BCUT2D eigenvalue weighted by molar-refractivity contribution is -0.128. The van der Waals surface area contributed by atoms with Crippen LogP contribution in [0.5, 0.6) is 0 Å². The lowest BCUT2D eigenvalue weighted by atomic mass is 10.2. The summed E-state index contributed by atoms with van der Waals surface area (Å²) < 4.78 is 13.1. The van der Waals surface area contributed by atoms with Crippen molar-refractivity contribution >= 4 is 17.7 Å². The minimum Gasteiger partial charge on any atom is -0.469 e. The van der Waals surface area contributed by atoms with Crippen LogP contribution in [0, 0.1) is 6.92 Å². The monoisotopic (exact) mass is 447 g/mol. The first-order chi connectivity index (χ1) is 15.2. The van der Waals surface area contributed by atoms with Gasteiger partial charge >= 0.3 is 0 Å². The Kier molecular flexibility index (Phi) is 8.04. The Hall–Kier alpha value is -1.84. The number of aromatic nitrogens is 3. The third-order valence-corrected chi connectivity index (χ3v) is 7.01. The van der Waals surface area contributed by atoms with Crippen molar-refractivity contribution in [2.24, 2.45) is 0 Å². The number of hydrogen-bond donors (Lipinski definition) is 0. The third-order valence-electron chi connectivity index (χ3n) is 6.06. The Morgan fingerprint density at radius 2 is 1.84 bits per heavy atom. The fraction of sp³-hybridized carbons (Fsp3) is 0.682. The van der Waals surface area contributed by atoms with Gasteiger partial charge in [-0.2, -0.15) is 0 Å². The highest BCUT2D eigenvalue weighted by molar-refractivity contribution is 7.99. The van der Waals surface area contributed by atoms with Crippen molar-refractivity contribution in [1.82, 2.24) is 24.6 Å². The van der Waals surface area contributed by atoms with Gasteiger partial charge < -0.3 is 18.6 Å². The van der Waals surface area contributed by atoms with E-state index in [0.717, 1.165) is 94.0 Å². The van der Waals surface area contributed by atoms with Crippen molar-refractivity contribution in [3.05, 3.63) is 18.1 Å². The van der Waals surface area contributed by atoms with E-state index in [1.807, 2.05) is 17.9 Å². The number of likely N-dealkylation sites (tertiary alicyclic amines) is 1. The summed E-state index contributed by atoms with van der Waals surface area (Å²) in [6.45, 7) is 9.13. The first kappa shape index (κ1) is 22.4. The first-order valence-electron chi connectivity index (χ1n) is 11.4. The number of hydrogen-bond acceptors (Lipinski definition) is 7. The molecule has 2 aliphatic rings. The molecular formula is C22H33N5O3S. The largest absolute Gasteiger partial charge is 0.469 e. The summed E-state index contributed by atoms with van der Waals surface area (Å²) in [4.78, 5) is 17.2. The van der Waals surface area contributed by atoms with Crippen LogP contribution in [0.15, 0.2) is 21.9 Å². The maximum absolute atomic E-state index is 12.8. The molecule has 0 N–H and O–H groups in total. The molecule has 2 fully saturated rings. The number of carbonyl (C=O) groups is 1. The molecule has 0 spiro atoms. The van der Waals surface area contributed by atoms with Crippen molar-refractivity contribution < 1.29 is 13.9 Å². The van der Waals surface area contributed by atoms with Crippen LogP contribution in [0.4, 0.5) is 0 Å². The summed E-state index contributed by atoms with van der Waals surface area (Å²) in [6, 6.07) is 1.94. The highest BCUT2D eigenvalue weighted by Crippen LogP contribution is 2.27. The maximum Gasteiger partial charge on any atom is 0.233 e. The second-order valence-electron chi connectivity index (χ2n) is 8.24. The van der Waals surface area contributed by atoms with Crippen molar-refractivity contribution in [2.75, 3.05) is 51.7 Å². The summed E-state index contributed by atoms with van der Waals surface area (Å²) in [5.41, 5.74) is 0.963. The fourth-order valence-electron chi connectivity index (χ4n) is 4.23. The van der Waals surface area contributed by atoms with E-state index in [-0.39, 0.29) is 5.91 Å². The van der Waals surface area contributed by atoms with E-state index in [2.05, 4.69) is 19.7 Å². The predicted octanol–water partition coefficient (Wildman–Crippen LogP) is 3.06. The summed E-state index contributed by atoms with van der Waals surface area (Å²) in [5.74, 6) is 2.26. The molecule has 8 nitrogen and oxygen atoms in total. The molecule has 0 radical (unpaired) electrons. The van der Waals surface area contributed by atoms with Crippen LogP contribution >= 0.6 is 11.8 Å². The van der Waals surface area contributed by atoms with Crippen molar-refractivity contribution in [3.8, 4) is 11.4 Å². The van der Waals surface area contributed by atoms with Gasteiger partial charge in [0.15, 0.2) is 11.0 Å². The third kappa shape index (κ3) is 5.90. The topological polar surface area (TPSA) is 76.6 Å². The van der Waals surface area contributed by atoms with E-state index in [9.17, 15) is 4.79 Å². The molecule has 0 saturated carbocycles. The molecule has 2 aromatic rings. The SMILES string of the molecule is Cc1occc1-c1nnc(SCC(=O)N2CCCCCC2)n1CCCN1CCOCC1. The molecule has 0 atom stereocenters. The van der Waals surface area contributed by atoms with E-state index in [1.165, 1.54) is 24.6 Å². The molecule has 31 heavy (non-hydrogen) atoms. The highest BCUT2D eigenvalue weighted by atomic mass is 32.2. The first-order valence-corrected chi connectivity index (χ1v) is 12.4. The number of aryl methyl sites for hydroxylation is 1. The highest BCUT2D eigenvalue weighted by Gasteiger charge is 2.21. The van der Waals surface area contributed by atoms with Crippen molar-refractivity contribution in [3.63, 3.8) is 0 Å². The normalized spacial score (nSPS) is 18.3. The van der Waals surface area contributed by atoms with Crippen molar-refractivity contribution in [1.29, 1.82) is 0 Å². The number of nitrogens with zero attached hydrogens (tertiary/aromatic N) is 5. The summed E-state index contributed by atoms with van der Waals surface area (Å²) in [5, 5.41) is 9.71. The second-order valence-corrected chi connectivity index (χ2v) is 9.18. The van der Waals surface area contributed by atoms with E-state index in [1.54, 1.807) is 6.26 Å². The Morgan fingerprint density at radius 1 is 1.06 bits per heavy atom. The van der Waals surface area contributed by atoms with E-state index in [4.69, 9.17) is 9.15 Å². The smallest absolute Gasteiger partial charge is 0.233 e. The zero-order valence-corrected chi connectivity index (χ0v) is 19.2. The van der Waals surface area contributed by atoms with E-state index in [0.29, 0.717) is 5.75 Å². The van der Waals surface area contributed by atoms with Crippen LogP contribution in [-0.4, -0.2) is 82.2 Å². The van der Waals surface area contributed by atoms with Gasteiger partial charge in [-0.3, -0.25) is 9.69 Å². The van der Waals surface area contributed by atoms with Crippen LogP contribution in [0.2, 0.25) is 0 Å². The van der Waals surface area contributed by atoms with Crippen LogP contribution < -0.4 is 0 Å². The average molecular weight is 448 g/mol. The Morgan fingerprint density at radius 3 is 2.55 bits per heavy atom. The Labute approximate surface area is 188 Å². The van der Waals surface area contributed by atoms with Gasteiger partial charge in [-0.1, -0.05) is 24.6 Å². The molecule has 0 aromatic carbocycles. The van der Waals surface area contributed by atoms with E-state index < -0.39 is 0 Å².